The van der Waals surface area contributed by atoms with Crippen molar-refractivity contribution in [1.29, 1.82) is 0 Å². The van der Waals surface area contributed by atoms with E-state index in [0.717, 1.165) is 27.2 Å². The van der Waals surface area contributed by atoms with E-state index in [1.165, 1.54) is 0 Å². The molecule has 0 unspecified atom stereocenters. The maximum absolute atomic E-state index is 14.6. The maximum Gasteiger partial charge on any atom is 0.407 e. The number of fused-ring (bicyclic) bond motifs is 3. The number of likely N-dealkylation sites (tertiary alicyclic amines) is 1. The molecule has 1 aliphatic carbocycles. The zero-order chi connectivity index (χ0) is 25.2. The van der Waals surface area contributed by atoms with Gasteiger partial charge in [0.1, 0.15) is 6.61 Å². The van der Waals surface area contributed by atoms with Crippen LogP contribution in [0.2, 0.25) is 0 Å². The summed E-state index contributed by atoms with van der Waals surface area (Å²) in [5, 5.41) is 11.5. The Morgan fingerprint density at radius 1 is 1.06 bits per heavy atom. The molecule has 186 valence electrons. The normalized spacial score (nSPS) is 16.8. The van der Waals surface area contributed by atoms with Crippen molar-refractivity contribution in [2.24, 2.45) is 5.41 Å². The molecule has 1 aliphatic heterocycles. The fraction of sp³-hybridized carbons (Fsp3) is 0.423. The molecule has 0 bridgehead atoms. The fourth-order valence-electron chi connectivity index (χ4n) is 5.00. The first-order chi connectivity index (χ1) is 16.7. The van der Waals surface area contributed by atoms with Gasteiger partial charge in [-0.25, -0.2) is 4.79 Å². The number of nitrogens with zero attached hydrogens (tertiary/aromatic N) is 1. The molecular formula is C26H28F2N2O5. The van der Waals surface area contributed by atoms with Crippen LogP contribution in [0.4, 0.5) is 13.6 Å². The van der Waals surface area contributed by atoms with Gasteiger partial charge in [-0.2, -0.15) is 8.78 Å². The Morgan fingerprint density at radius 2 is 1.60 bits per heavy atom. The molecule has 2 N–H and O–H groups in total. The first-order valence-corrected chi connectivity index (χ1v) is 11.7. The van der Waals surface area contributed by atoms with Gasteiger partial charge in [-0.3, -0.25) is 9.59 Å². The van der Waals surface area contributed by atoms with Crippen LogP contribution in [-0.4, -0.2) is 60.1 Å². The lowest BCUT2D eigenvalue weighted by atomic mass is 9.76. The van der Waals surface area contributed by atoms with Crippen LogP contribution in [0.5, 0.6) is 0 Å². The summed E-state index contributed by atoms with van der Waals surface area (Å²) in [5.74, 6) is -6.44. The number of alkyl carbamates (subject to hydrolysis) is 1. The quantitative estimate of drug-likeness (QED) is 0.610. The molecule has 1 fully saturated rings. The first kappa shape index (κ1) is 24.6. The second kappa shape index (κ2) is 9.64. The van der Waals surface area contributed by atoms with E-state index in [4.69, 9.17) is 4.74 Å². The van der Waals surface area contributed by atoms with Crippen LogP contribution >= 0.6 is 0 Å². The number of hydrogen-bond acceptors (Lipinski definition) is 4. The van der Waals surface area contributed by atoms with Crippen molar-refractivity contribution in [3.8, 4) is 11.1 Å². The number of carbonyl (C=O) groups excluding carboxylic acids is 2. The molecule has 35 heavy (non-hydrogen) atoms. The van der Waals surface area contributed by atoms with E-state index in [-0.39, 0.29) is 38.5 Å². The highest BCUT2D eigenvalue weighted by Crippen LogP contribution is 2.44. The predicted molar refractivity (Wildman–Crippen MR) is 124 cm³/mol. The molecule has 0 saturated carbocycles. The molecule has 0 spiro atoms. The molecule has 1 heterocycles. The monoisotopic (exact) mass is 486 g/mol. The molecule has 0 aromatic heterocycles. The number of carboxylic acids is 1. The highest BCUT2D eigenvalue weighted by Gasteiger charge is 2.47. The molecule has 2 aromatic carbocycles. The Bertz CT molecular complexity index is 1080. The van der Waals surface area contributed by atoms with Crippen molar-refractivity contribution in [2.75, 3.05) is 26.2 Å². The number of benzene rings is 2. The standard InChI is InChI=1S/C26H28F2N2O5/c1-2-25(23(32)33)11-13-30(14-12-25)22(31)26(27,28)16-29-24(34)35-15-21-19-9-5-3-7-17(19)18-8-4-6-10-20(18)21/h3-10,21H,2,11-16H2,1H3,(H,29,34)(H,32,33). The lowest BCUT2D eigenvalue weighted by Crippen LogP contribution is -2.54. The van der Waals surface area contributed by atoms with Gasteiger partial charge in [0, 0.05) is 19.0 Å². The van der Waals surface area contributed by atoms with E-state index in [0.29, 0.717) is 6.42 Å². The highest BCUT2D eigenvalue weighted by molar-refractivity contribution is 5.85. The molecule has 0 atom stereocenters. The summed E-state index contributed by atoms with van der Waals surface area (Å²) in [6.07, 6.45) is -0.445. The van der Waals surface area contributed by atoms with Gasteiger partial charge in [-0.05, 0) is 41.5 Å². The van der Waals surface area contributed by atoms with Crippen LogP contribution in [-0.2, 0) is 14.3 Å². The third kappa shape index (κ3) is 4.72. The zero-order valence-electron chi connectivity index (χ0n) is 19.4. The molecule has 7 nitrogen and oxygen atoms in total. The van der Waals surface area contributed by atoms with E-state index < -0.39 is 35.9 Å². The Balaban J connectivity index is 1.31. The number of hydrogen-bond donors (Lipinski definition) is 2. The number of aliphatic carboxylic acids is 1. The molecule has 9 heteroatoms. The van der Waals surface area contributed by atoms with E-state index in [1.807, 2.05) is 53.8 Å². The second-order valence-corrected chi connectivity index (χ2v) is 9.11. The molecule has 2 aliphatic rings. The summed E-state index contributed by atoms with van der Waals surface area (Å²) in [4.78, 5) is 37.1. The van der Waals surface area contributed by atoms with Crippen LogP contribution in [0.25, 0.3) is 11.1 Å². The minimum Gasteiger partial charge on any atom is -0.481 e. The van der Waals surface area contributed by atoms with E-state index in [9.17, 15) is 28.3 Å². The Labute approximate surface area is 202 Å². The number of amides is 2. The van der Waals surface area contributed by atoms with Crippen LogP contribution in [0.3, 0.4) is 0 Å². The molecule has 1 saturated heterocycles. The third-order valence-electron chi connectivity index (χ3n) is 7.25. The van der Waals surface area contributed by atoms with Crippen molar-refractivity contribution < 1.29 is 33.0 Å². The van der Waals surface area contributed by atoms with Crippen LogP contribution in [0.1, 0.15) is 43.2 Å². The molecule has 2 amide bonds. The van der Waals surface area contributed by atoms with E-state index in [1.54, 1.807) is 6.92 Å². The number of piperidine rings is 1. The maximum atomic E-state index is 14.6. The summed E-state index contributed by atoms with van der Waals surface area (Å²) in [5.41, 5.74) is 3.09. The highest BCUT2D eigenvalue weighted by atomic mass is 19.3. The van der Waals surface area contributed by atoms with Gasteiger partial charge in [0.25, 0.3) is 5.91 Å². The number of halogens is 2. The van der Waals surface area contributed by atoms with Gasteiger partial charge in [0.15, 0.2) is 0 Å². The van der Waals surface area contributed by atoms with Gasteiger partial charge in [0.05, 0.1) is 12.0 Å². The average molecular weight is 487 g/mol. The predicted octanol–water partition coefficient (Wildman–Crippen LogP) is 4.26. The molecular weight excluding hydrogens is 458 g/mol. The third-order valence-corrected chi connectivity index (χ3v) is 7.25. The number of ether oxygens (including phenoxy) is 1. The molecule has 0 radical (unpaired) electrons. The van der Waals surface area contributed by atoms with Gasteiger partial charge < -0.3 is 20.1 Å². The van der Waals surface area contributed by atoms with Crippen molar-refractivity contribution in [3.63, 3.8) is 0 Å². The number of rotatable bonds is 7. The summed E-state index contributed by atoms with van der Waals surface area (Å²) in [7, 11) is 0. The number of nitrogens with one attached hydrogen (secondary N) is 1. The van der Waals surface area contributed by atoms with Crippen molar-refractivity contribution in [3.05, 3.63) is 59.7 Å². The minimum atomic E-state index is -3.83. The largest absolute Gasteiger partial charge is 0.481 e. The van der Waals surface area contributed by atoms with Crippen molar-refractivity contribution in [2.45, 2.75) is 38.0 Å². The Kier molecular flexibility index (Phi) is 6.78. The topological polar surface area (TPSA) is 95.9 Å². The van der Waals surface area contributed by atoms with Crippen LogP contribution in [0, 0.1) is 5.41 Å². The fourth-order valence-corrected chi connectivity index (χ4v) is 5.00. The summed E-state index contributed by atoms with van der Waals surface area (Å²) in [6, 6.07) is 15.5. The Morgan fingerprint density at radius 3 is 2.11 bits per heavy atom. The Hall–Kier alpha value is -3.49. The molecule has 2 aromatic rings. The van der Waals surface area contributed by atoms with Gasteiger partial charge >= 0.3 is 18.0 Å². The van der Waals surface area contributed by atoms with Gasteiger partial charge in [-0.15, -0.1) is 0 Å². The second-order valence-electron chi connectivity index (χ2n) is 9.11. The summed E-state index contributed by atoms with van der Waals surface area (Å²) >= 11 is 0. The summed E-state index contributed by atoms with van der Waals surface area (Å²) < 4.78 is 34.4. The van der Waals surface area contributed by atoms with Crippen molar-refractivity contribution in [1.82, 2.24) is 10.2 Å². The lowest BCUT2D eigenvalue weighted by molar-refractivity contribution is -0.164. The smallest absolute Gasteiger partial charge is 0.407 e. The van der Waals surface area contributed by atoms with Gasteiger partial charge in [0.2, 0.25) is 0 Å². The van der Waals surface area contributed by atoms with Crippen LogP contribution in [0.15, 0.2) is 48.5 Å². The van der Waals surface area contributed by atoms with Crippen molar-refractivity contribution >= 4 is 18.0 Å². The van der Waals surface area contributed by atoms with Crippen LogP contribution < -0.4 is 5.32 Å². The SMILES string of the molecule is CCC1(C(=O)O)CCN(C(=O)C(F)(F)CNC(=O)OCC2c3ccccc3-c3ccccc32)CC1. The van der Waals surface area contributed by atoms with Gasteiger partial charge in [-0.1, -0.05) is 55.5 Å². The van der Waals surface area contributed by atoms with E-state index >= 15 is 0 Å². The minimum absolute atomic E-state index is 0.0280. The van der Waals surface area contributed by atoms with E-state index in [2.05, 4.69) is 0 Å². The summed E-state index contributed by atoms with van der Waals surface area (Å²) in [6.45, 7) is 0.369. The zero-order valence-corrected chi connectivity index (χ0v) is 19.4. The lowest BCUT2D eigenvalue weighted by Gasteiger charge is -2.39. The number of carboxylic acid groups (broad SMARTS) is 1. The average Bonchev–Trinajstić information content (AvgIpc) is 3.19. The number of carbonyl (C=O) groups is 3. The molecule has 4 rings (SSSR count). The first-order valence-electron chi connectivity index (χ1n) is 11.7. The number of alkyl halides is 2.